The van der Waals surface area contributed by atoms with E-state index in [4.69, 9.17) is 9.84 Å². The second-order valence-corrected chi connectivity index (χ2v) is 3.97. The minimum atomic E-state index is -1.13. The van der Waals surface area contributed by atoms with E-state index >= 15 is 0 Å². The Kier molecular flexibility index (Phi) is 3.60. The van der Waals surface area contributed by atoms with Crippen LogP contribution in [0.3, 0.4) is 0 Å². The van der Waals surface area contributed by atoms with E-state index in [0.717, 1.165) is 6.20 Å². The van der Waals surface area contributed by atoms with Crippen molar-refractivity contribution < 1.29 is 19.6 Å². The van der Waals surface area contributed by atoms with E-state index in [2.05, 4.69) is 4.98 Å². The first-order valence-electron chi connectivity index (χ1n) is 5.60. The molecular formula is C13H10N2O5. The van der Waals surface area contributed by atoms with Gasteiger partial charge in [-0.15, -0.1) is 0 Å². The number of aryl methyl sites for hydroxylation is 1. The minimum absolute atomic E-state index is 0.00898. The first-order chi connectivity index (χ1) is 9.49. The standard InChI is InChI=1S/C13H10N2O5/c1-8-6-12(14-7-10(8)15(18)19)20-11-5-3-2-4-9(11)13(16)17/h2-7H,1H3,(H,16,17). The Morgan fingerprint density at radius 2 is 2.10 bits per heavy atom. The van der Waals surface area contributed by atoms with Gasteiger partial charge in [0.15, 0.2) is 0 Å². The molecule has 20 heavy (non-hydrogen) atoms. The van der Waals surface area contributed by atoms with Gasteiger partial charge in [-0.3, -0.25) is 10.1 Å². The summed E-state index contributed by atoms with van der Waals surface area (Å²) in [5.41, 5.74) is 0.252. The summed E-state index contributed by atoms with van der Waals surface area (Å²) in [6, 6.07) is 7.47. The molecule has 0 atom stereocenters. The van der Waals surface area contributed by atoms with Crippen LogP contribution in [-0.2, 0) is 0 Å². The molecule has 1 aromatic carbocycles. The van der Waals surface area contributed by atoms with Gasteiger partial charge in [-0.2, -0.15) is 0 Å². The third kappa shape index (κ3) is 2.72. The monoisotopic (exact) mass is 274 g/mol. The number of para-hydroxylation sites is 1. The van der Waals surface area contributed by atoms with E-state index < -0.39 is 10.9 Å². The third-order valence-electron chi connectivity index (χ3n) is 2.59. The molecule has 0 aliphatic heterocycles. The van der Waals surface area contributed by atoms with Crippen molar-refractivity contribution in [2.75, 3.05) is 0 Å². The summed E-state index contributed by atoms with van der Waals surface area (Å²) >= 11 is 0. The first-order valence-corrected chi connectivity index (χ1v) is 5.60. The van der Waals surface area contributed by atoms with Gasteiger partial charge in [-0.05, 0) is 19.1 Å². The van der Waals surface area contributed by atoms with Crippen LogP contribution >= 0.6 is 0 Å². The highest BCUT2D eigenvalue weighted by molar-refractivity contribution is 5.90. The van der Waals surface area contributed by atoms with Crippen molar-refractivity contribution in [3.05, 3.63) is 57.8 Å². The molecule has 0 bridgehead atoms. The predicted octanol–water partition coefficient (Wildman–Crippen LogP) is 2.79. The van der Waals surface area contributed by atoms with Crippen molar-refractivity contribution in [3.8, 4) is 11.6 Å². The molecule has 1 aromatic heterocycles. The Bertz CT molecular complexity index is 684. The molecule has 0 fully saturated rings. The summed E-state index contributed by atoms with van der Waals surface area (Å²) < 4.78 is 5.37. The van der Waals surface area contributed by atoms with Gasteiger partial charge in [-0.25, -0.2) is 9.78 Å². The summed E-state index contributed by atoms with van der Waals surface area (Å²) in [5, 5.41) is 19.7. The van der Waals surface area contributed by atoms with E-state index in [1.807, 2.05) is 0 Å². The van der Waals surface area contributed by atoms with E-state index in [1.54, 1.807) is 19.1 Å². The molecule has 7 nitrogen and oxygen atoms in total. The average Bonchev–Trinajstić information content (AvgIpc) is 2.38. The lowest BCUT2D eigenvalue weighted by Gasteiger charge is -2.08. The maximum atomic E-state index is 11.0. The molecule has 0 spiro atoms. The number of carboxylic acids is 1. The fourth-order valence-electron chi connectivity index (χ4n) is 1.61. The van der Waals surface area contributed by atoms with Crippen molar-refractivity contribution in [2.45, 2.75) is 6.92 Å². The molecule has 2 aromatic rings. The van der Waals surface area contributed by atoms with Gasteiger partial charge in [0.25, 0.3) is 5.69 Å². The van der Waals surface area contributed by atoms with Gasteiger partial charge in [0.2, 0.25) is 5.88 Å². The van der Waals surface area contributed by atoms with Crippen molar-refractivity contribution >= 4 is 11.7 Å². The van der Waals surface area contributed by atoms with Gasteiger partial charge in [0.1, 0.15) is 17.5 Å². The van der Waals surface area contributed by atoms with Crippen LogP contribution in [-0.4, -0.2) is 21.0 Å². The molecule has 1 heterocycles. The summed E-state index contributed by atoms with van der Waals surface area (Å²) in [6.07, 6.45) is 1.08. The van der Waals surface area contributed by atoms with Crippen LogP contribution in [0.4, 0.5) is 5.69 Å². The van der Waals surface area contributed by atoms with Crippen LogP contribution in [0.1, 0.15) is 15.9 Å². The molecule has 7 heteroatoms. The number of ether oxygens (including phenoxy) is 1. The van der Waals surface area contributed by atoms with Gasteiger partial charge in [0.05, 0.1) is 4.92 Å². The maximum absolute atomic E-state index is 11.0. The normalized spacial score (nSPS) is 10.1. The van der Waals surface area contributed by atoms with E-state index in [0.29, 0.717) is 5.56 Å². The number of benzene rings is 1. The number of aromatic carboxylic acids is 1. The summed E-state index contributed by atoms with van der Waals surface area (Å²) in [6.45, 7) is 1.55. The largest absolute Gasteiger partial charge is 0.478 e. The van der Waals surface area contributed by atoms with Gasteiger partial charge in [0, 0.05) is 11.6 Å². The smallest absolute Gasteiger partial charge is 0.339 e. The lowest BCUT2D eigenvalue weighted by Crippen LogP contribution is -2.01. The Morgan fingerprint density at radius 3 is 2.70 bits per heavy atom. The second kappa shape index (κ2) is 5.35. The highest BCUT2D eigenvalue weighted by Gasteiger charge is 2.15. The number of rotatable bonds is 4. The fraction of sp³-hybridized carbons (Fsp3) is 0.0769. The van der Waals surface area contributed by atoms with E-state index in [-0.39, 0.29) is 22.9 Å². The number of pyridine rings is 1. The lowest BCUT2D eigenvalue weighted by molar-refractivity contribution is -0.385. The average molecular weight is 274 g/mol. The van der Waals surface area contributed by atoms with Crippen LogP contribution in [0.5, 0.6) is 11.6 Å². The lowest BCUT2D eigenvalue weighted by atomic mass is 10.2. The molecule has 0 aliphatic rings. The molecule has 102 valence electrons. The molecule has 0 aliphatic carbocycles. The summed E-state index contributed by atoms with van der Waals surface area (Å²) in [5.74, 6) is -0.901. The second-order valence-electron chi connectivity index (χ2n) is 3.97. The van der Waals surface area contributed by atoms with Gasteiger partial charge in [-0.1, -0.05) is 12.1 Å². The van der Waals surface area contributed by atoms with Crippen LogP contribution < -0.4 is 4.74 Å². The molecule has 1 N–H and O–H groups in total. The summed E-state index contributed by atoms with van der Waals surface area (Å²) in [7, 11) is 0. The van der Waals surface area contributed by atoms with Crippen molar-refractivity contribution in [1.82, 2.24) is 4.98 Å². The Hall–Kier alpha value is -2.96. The first kappa shape index (κ1) is 13.5. The molecular weight excluding hydrogens is 264 g/mol. The fourth-order valence-corrected chi connectivity index (χ4v) is 1.61. The number of carboxylic acid groups (broad SMARTS) is 1. The minimum Gasteiger partial charge on any atom is -0.478 e. The van der Waals surface area contributed by atoms with Crippen LogP contribution in [0.15, 0.2) is 36.5 Å². The zero-order chi connectivity index (χ0) is 14.7. The van der Waals surface area contributed by atoms with Crippen molar-refractivity contribution in [1.29, 1.82) is 0 Å². The number of nitro groups is 1. The molecule has 2 rings (SSSR count). The number of hydrogen-bond donors (Lipinski definition) is 1. The Labute approximate surface area is 113 Å². The Balaban J connectivity index is 2.34. The highest BCUT2D eigenvalue weighted by Crippen LogP contribution is 2.26. The molecule has 0 radical (unpaired) electrons. The Morgan fingerprint density at radius 1 is 1.40 bits per heavy atom. The molecule has 0 saturated heterocycles. The quantitative estimate of drug-likeness (QED) is 0.679. The van der Waals surface area contributed by atoms with Crippen molar-refractivity contribution in [3.63, 3.8) is 0 Å². The third-order valence-corrected chi connectivity index (χ3v) is 2.59. The highest BCUT2D eigenvalue weighted by atomic mass is 16.6. The molecule has 0 amide bonds. The van der Waals surface area contributed by atoms with Crippen molar-refractivity contribution in [2.24, 2.45) is 0 Å². The van der Waals surface area contributed by atoms with Gasteiger partial charge < -0.3 is 9.84 Å². The van der Waals surface area contributed by atoms with Crippen LogP contribution in [0.25, 0.3) is 0 Å². The van der Waals surface area contributed by atoms with Crippen LogP contribution in [0.2, 0.25) is 0 Å². The van der Waals surface area contributed by atoms with E-state index in [1.165, 1.54) is 18.2 Å². The topological polar surface area (TPSA) is 103 Å². The number of carbonyl (C=O) groups is 1. The molecule has 0 unspecified atom stereocenters. The SMILES string of the molecule is Cc1cc(Oc2ccccc2C(=O)O)ncc1[N+](=O)[O-]. The van der Waals surface area contributed by atoms with Crippen LogP contribution in [0, 0.1) is 17.0 Å². The van der Waals surface area contributed by atoms with Gasteiger partial charge >= 0.3 is 5.97 Å². The maximum Gasteiger partial charge on any atom is 0.339 e. The zero-order valence-electron chi connectivity index (χ0n) is 10.4. The number of hydrogen-bond acceptors (Lipinski definition) is 5. The van der Waals surface area contributed by atoms with E-state index in [9.17, 15) is 14.9 Å². The zero-order valence-corrected chi connectivity index (χ0v) is 10.4. The summed E-state index contributed by atoms with van der Waals surface area (Å²) in [4.78, 5) is 25.0. The predicted molar refractivity (Wildman–Crippen MR) is 69.1 cm³/mol. The number of nitrogens with zero attached hydrogens (tertiary/aromatic N) is 2. The molecule has 0 saturated carbocycles. The number of aromatic nitrogens is 1.